The molecular formula is C15H17N7O4. The van der Waals surface area contributed by atoms with Crippen molar-refractivity contribution in [3.8, 4) is 0 Å². The summed E-state index contributed by atoms with van der Waals surface area (Å²) in [5.74, 6) is 0.138. The van der Waals surface area contributed by atoms with E-state index in [-0.39, 0.29) is 23.7 Å². The maximum Gasteiger partial charge on any atom is 0.329 e. The molecule has 0 aromatic carbocycles. The Morgan fingerprint density at radius 1 is 1.46 bits per heavy atom. The molecule has 11 nitrogen and oxygen atoms in total. The van der Waals surface area contributed by atoms with Crippen LogP contribution in [-0.4, -0.2) is 53.2 Å². The first-order chi connectivity index (χ1) is 12.5. The van der Waals surface area contributed by atoms with Crippen LogP contribution in [0.2, 0.25) is 0 Å². The molecule has 26 heavy (non-hydrogen) atoms. The van der Waals surface area contributed by atoms with Gasteiger partial charge in [-0.25, -0.2) is 10.2 Å². The minimum Gasteiger partial charge on any atom is -0.394 e. The van der Waals surface area contributed by atoms with E-state index >= 15 is 0 Å². The number of nitrogens with zero attached hydrogens (tertiary/aromatic N) is 5. The molecule has 0 saturated heterocycles. The van der Waals surface area contributed by atoms with Gasteiger partial charge in [-0.1, -0.05) is 6.07 Å². The number of pyridine rings is 1. The van der Waals surface area contributed by atoms with Crippen LogP contribution in [0.1, 0.15) is 5.56 Å². The number of aromatic nitrogens is 5. The number of aromatic amines is 1. The molecule has 0 spiro atoms. The Hall–Kier alpha value is -3.31. The Bertz CT molecular complexity index is 1050. The molecule has 3 heterocycles. The van der Waals surface area contributed by atoms with E-state index < -0.39 is 24.0 Å². The summed E-state index contributed by atoms with van der Waals surface area (Å²) in [5.41, 5.74) is 2.38. The van der Waals surface area contributed by atoms with Gasteiger partial charge < -0.3 is 14.8 Å². The molecule has 0 fully saturated rings. The molecule has 3 aromatic rings. The fourth-order valence-electron chi connectivity index (χ4n) is 2.38. The highest BCUT2D eigenvalue weighted by atomic mass is 16.3. The Morgan fingerprint density at radius 3 is 2.96 bits per heavy atom. The second kappa shape index (κ2) is 7.29. The van der Waals surface area contributed by atoms with Gasteiger partial charge in [-0.05, 0) is 6.07 Å². The van der Waals surface area contributed by atoms with Crippen molar-refractivity contribution in [1.82, 2.24) is 24.1 Å². The van der Waals surface area contributed by atoms with Crippen molar-refractivity contribution in [3.05, 3.63) is 50.9 Å². The molecular weight excluding hydrogens is 342 g/mol. The van der Waals surface area contributed by atoms with Gasteiger partial charge in [0.25, 0.3) is 5.56 Å². The standard InChI is InChI=1S/C15H17N7O4/c1-21-12-11(13(25)19-15(21)26)22(7-10(24)8-23)14(18-12)20-17-6-9-3-2-4-16-5-9/h2-6,10,23-24H,7-8H2,1H3,(H,18,20)(H,19,25,26)/b17-6+. The minimum absolute atomic E-state index is 0.0821. The van der Waals surface area contributed by atoms with Crippen LogP contribution in [0.4, 0.5) is 5.95 Å². The van der Waals surface area contributed by atoms with Gasteiger partial charge in [0, 0.05) is 25.0 Å². The van der Waals surface area contributed by atoms with Gasteiger partial charge in [-0.3, -0.25) is 19.3 Å². The fraction of sp³-hybridized carbons (Fsp3) is 0.267. The van der Waals surface area contributed by atoms with Crippen LogP contribution in [0.25, 0.3) is 11.2 Å². The summed E-state index contributed by atoms with van der Waals surface area (Å²) in [6, 6.07) is 3.55. The van der Waals surface area contributed by atoms with Crippen molar-refractivity contribution >= 4 is 23.3 Å². The predicted octanol–water partition coefficient (Wildman–Crippen LogP) is -1.38. The molecule has 0 bridgehead atoms. The first-order valence-electron chi connectivity index (χ1n) is 7.69. The molecule has 0 radical (unpaired) electrons. The largest absolute Gasteiger partial charge is 0.394 e. The zero-order valence-corrected chi connectivity index (χ0v) is 13.8. The summed E-state index contributed by atoms with van der Waals surface area (Å²) in [5, 5.41) is 22.9. The third kappa shape index (κ3) is 3.38. The number of aliphatic hydroxyl groups is 2. The van der Waals surface area contributed by atoms with Crippen molar-refractivity contribution in [2.75, 3.05) is 12.0 Å². The number of H-pyrrole nitrogens is 1. The number of anilines is 1. The SMILES string of the molecule is Cn1c(=O)[nH]c(=O)c2c1nc(N/N=C/c1cccnc1)n2CC(O)CO. The number of hydrogen-bond acceptors (Lipinski definition) is 8. The Morgan fingerprint density at radius 2 is 2.27 bits per heavy atom. The fourth-order valence-corrected chi connectivity index (χ4v) is 2.38. The van der Waals surface area contributed by atoms with Gasteiger partial charge in [0.05, 0.1) is 25.5 Å². The molecule has 4 N–H and O–H groups in total. The lowest BCUT2D eigenvalue weighted by atomic mass is 10.3. The summed E-state index contributed by atoms with van der Waals surface area (Å²) in [4.78, 5) is 34.3. The van der Waals surface area contributed by atoms with Crippen LogP contribution in [0.3, 0.4) is 0 Å². The molecule has 11 heteroatoms. The van der Waals surface area contributed by atoms with E-state index in [0.717, 1.165) is 5.56 Å². The highest BCUT2D eigenvalue weighted by Crippen LogP contribution is 2.16. The third-order valence-electron chi connectivity index (χ3n) is 3.67. The van der Waals surface area contributed by atoms with Crippen LogP contribution in [0.15, 0.2) is 39.2 Å². The van der Waals surface area contributed by atoms with Gasteiger partial charge in [-0.2, -0.15) is 10.1 Å². The second-order valence-corrected chi connectivity index (χ2v) is 5.53. The molecule has 0 aliphatic rings. The number of nitrogens with one attached hydrogen (secondary N) is 2. The molecule has 0 aliphatic carbocycles. The van der Waals surface area contributed by atoms with Gasteiger partial charge in [-0.15, -0.1) is 0 Å². The monoisotopic (exact) mass is 359 g/mol. The highest BCUT2D eigenvalue weighted by Gasteiger charge is 2.19. The van der Waals surface area contributed by atoms with Crippen LogP contribution in [0.5, 0.6) is 0 Å². The lowest BCUT2D eigenvalue weighted by molar-refractivity contribution is 0.0825. The molecule has 3 rings (SSSR count). The topological polar surface area (TPSA) is 150 Å². The molecule has 0 amide bonds. The van der Waals surface area contributed by atoms with E-state index in [1.807, 2.05) is 0 Å². The predicted molar refractivity (Wildman–Crippen MR) is 94.1 cm³/mol. The van der Waals surface area contributed by atoms with Crippen molar-refractivity contribution < 1.29 is 10.2 Å². The Labute approximate surface area is 146 Å². The zero-order valence-electron chi connectivity index (χ0n) is 13.8. The van der Waals surface area contributed by atoms with E-state index in [0.29, 0.717) is 0 Å². The van der Waals surface area contributed by atoms with E-state index in [9.17, 15) is 14.7 Å². The summed E-state index contributed by atoms with van der Waals surface area (Å²) < 4.78 is 2.53. The molecule has 136 valence electrons. The first kappa shape index (κ1) is 17.5. The Balaban J connectivity index is 2.05. The third-order valence-corrected chi connectivity index (χ3v) is 3.67. The second-order valence-electron chi connectivity index (χ2n) is 5.53. The number of aliphatic hydroxyl groups excluding tert-OH is 2. The first-order valence-corrected chi connectivity index (χ1v) is 7.69. The van der Waals surface area contributed by atoms with Gasteiger partial charge in [0.1, 0.15) is 0 Å². The molecule has 1 atom stereocenters. The van der Waals surface area contributed by atoms with Crippen LogP contribution in [0, 0.1) is 0 Å². The maximum atomic E-state index is 12.2. The van der Waals surface area contributed by atoms with Crippen LogP contribution in [-0.2, 0) is 13.6 Å². The van der Waals surface area contributed by atoms with Crippen molar-refractivity contribution in [2.24, 2.45) is 12.1 Å². The number of aryl methyl sites for hydroxylation is 1. The lowest BCUT2D eigenvalue weighted by Gasteiger charge is -2.11. The number of imidazole rings is 1. The van der Waals surface area contributed by atoms with Gasteiger partial charge in [0.2, 0.25) is 5.95 Å². The lowest BCUT2D eigenvalue weighted by Crippen LogP contribution is -2.30. The van der Waals surface area contributed by atoms with Gasteiger partial charge in [0.15, 0.2) is 11.2 Å². The number of rotatable bonds is 6. The van der Waals surface area contributed by atoms with Crippen molar-refractivity contribution in [3.63, 3.8) is 0 Å². The molecule has 1 unspecified atom stereocenters. The quantitative estimate of drug-likeness (QED) is 0.313. The molecule has 0 saturated carbocycles. The Kier molecular flexibility index (Phi) is 4.91. The normalized spacial score (nSPS) is 12.7. The van der Waals surface area contributed by atoms with E-state index in [4.69, 9.17) is 5.11 Å². The van der Waals surface area contributed by atoms with Crippen LogP contribution >= 0.6 is 0 Å². The number of hydrazone groups is 1. The van der Waals surface area contributed by atoms with Crippen molar-refractivity contribution in [2.45, 2.75) is 12.6 Å². The van der Waals surface area contributed by atoms with E-state index in [1.165, 1.54) is 22.4 Å². The minimum atomic E-state index is -1.12. The van der Waals surface area contributed by atoms with Crippen LogP contribution < -0.4 is 16.7 Å². The number of hydrogen-bond donors (Lipinski definition) is 4. The summed E-state index contributed by atoms with van der Waals surface area (Å²) >= 11 is 0. The highest BCUT2D eigenvalue weighted by molar-refractivity contribution is 5.80. The zero-order chi connectivity index (χ0) is 18.7. The molecule has 3 aromatic heterocycles. The summed E-state index contributed by atoms with van der Waals surface area (Å²) in [6.07, 6.45) is 3.63. The van der Waals surface area contributed by atoms with E-state index in [2.05, 4.69) is 25.5 Å². The number of fused-ring (bicyclic) bond motifs is 1. The van der Waals surface area contributed by atoms with Gasteiger partial charge >= 0.3 is 5.69 Å². The van der Waals surface area contributed by atoms with E-state index in [1.54, 1.807) is 24.5 Å². The molecule has 0 aliphatic heterocycles. The maximum absolute atomic E-state index is 12.2. The van der Waals surface area contributed by atoms with Crippen molar-refractivity contribution in [1.29, 1.82) is 0 Å². The average Bonchev–Trinajstić information content (AvgIpc) is 2.99. The smallest absolute Gasteiger partial charge is 0.329 e. The summed E-state index contributed by atoms with van der Waals surface area (Å²) in [7, 11) is 1.46. The average molecular weight is 359 g/mol. The summed E-state index contributed by atoms with van der Waals surface area (Å²) in [6.45, 7) is -0.610.